The molecule has 1 aliphatic heterocycles. The van der Waals surface area contributed by atoms with Gasteiger partial charge in [-0.2, -0.15) is 0 Å². The van der Waals surface area contributed by atoms with Gasteiger partial charge in [-0.1, -0.05) is 23.4 Å². The number of hydrogen-bond donors (Lipinski definition) is 3. The maximum absolute atomic E-state index is 13.4. The summed E-state index contributed by atoms with van der Waals surface area (Å²) in [6.07, 6.45) is 1.01. The average Bonchev–Trinajstić information content (AvgIpc) is 3.13. The number of Topliss-reactive ketones (excluding diaryl/α,β-unsaturated/α-hetero) is 1. The molecule has 0 spiro atoms. The Morgan fingerprint density at radius 1 is 1.10 bits per heavy atom. The molecule has 0 fully saturated rings. The topological polar surface area (TPSA) is 105 Å². The summed E-state index contributed by atoms with van der Waals surface area (Å²) in [7, 11) is 1.50. The van der Waals surface area contributed by atoms with Crippen LogP contribution < -0.4 is 10.1 Å². The van der Waals surface area contributed by atoms with E-state index < -0.39 is 0 Å². The lowest BCUT2D eigenvalue weighted by molar-refractivity contribution is -0.116. The van der Waals surface area contributed by atoms with Gasteiger partial charge in [0.2, 0.25) is 5.88 Å². The molecule has 3 aromatic rings. The van der Waals surface area contributed by atoms with Crippen molar-refractivity contribution in [3.63, 3.8) is 0 Å². The van der Waals surface area contributed by atoms with E-state index in [1.54, 1.807) is 30.3 Å². The van der Waals surface area contributed by atoms with Gasteiger partial charge in [0, 0.05) is 23.6 Å². The molecule has 31 heavy (non-hydrogen) atoms. The Labute approximate surface area is 179 Å². The van der Waals surface area contributed by atoms with Crippen LogP contribution in [0.4, 0.5) is 5.88 Å². The number of nitrogens with one attached hydrogen (secondary N) is 1. The van der Waals surface area contributed by atoms with Crippen LogP contribution in [0, 0.1) is 6.92 Å². The molecule has 1 aliphatic carbocycles. The van der Waals surface area contributed by atoms with Crippen LogP contribution in [0.2, 0.25) is 0 Å². The third kappa shape index (κ3) is 3.13. The molecule has 7 nitrogen and oxygen atoms in total. The number of nitrogens with zero attached hydrogens (tertiary/aromatic N) is 1. The number of ketones is 1. The molecule has 5 rings (SSSR count). The van der Waals surface area contributed by atoms with Crippen molar-refractivity contribution in [1.29, 1.82) is 0 Å². The van der Waals surface area contributed by atoms with Crippen LogP contribution in [0.5, 0.6) is 17.2 Å². The molecule has 3 N–H and O–H groups in total. The van der Waals surface area contributed by atoms with Crippen LogP contribution in [0.15, 0.2) is 58.3 Å². The van der Waals surface area contributed by atoms with Crippen molar-refractivity contribution < 1.29 is 24.3 Å². The monoisotopic (exact) mass is 418 g/mol. The van der Waals surface area contributed by atoms with E-state index in [1.807, 2.05) is 19.1 Å². The minimum absolute atomic E-state index is 0.0000720. The zero-order valence-corrected chi connectivity index (χ0v) is 17.2. The van der Waals surface area contributed by atoms with Gasteiger partial charge >= 0.3 is 0 Å². The van der Waals surface area contributed by atoms with Crippen LogP contribution in [0.25, 0.3) is 0 Å². The number of hydrogen-bond acceptors (Lipinski definition) is 7. The number of methoxy groups -OCH3 is 1. The van der Waals surface area contributed by atoms with Crippen molar-refractivity contribution in [1.82, 2.24) is 5.16 Å². The minimum Gasteiger partial charge on any atom is -0.508 e. The third-order valence-electron chi connectivity index (χ3n) is 6.16. The third-order valence-corrected chi connectivity index (χ3v) is 6.16. The minimum atomic E-state index is -0.361. The highest BCUT2D eigenvalue weighted by molar-refractivity contribution is 6.01. The first-order valence-corrected chi connectivity index (χ1v) is 10.1. The Bertz CT molecular complexity index is 1210. The Kier molecular flexibility index (Phi) is 4.46. The number of rotatable bonds is 3. The zero-order chi connectivity index (χ0) is 21.7. The summed E-state index contributed by atoms with van der Waals surface area (Å²) in [5, 5.41) is 27.1. The lowest BCUT2D eigenvalue weighted by atomic mass is 9.72. The number of carbonyl (C=O) groups excluding carboxylic acids is 1. The standard InChI is InChI=1S/C24H22N2O5/c1-12-21-22(14-5-8-18(28)20(11-14)30-2)23-17(25-24(21)31-26-12)9-15(10-19(23)29)13-3-6-16(27)7-4-13/h3-8,11,15,22,25,27-28H,9-10H2,1-2H3/t15-,22-/m0/s1. The average molecular weight is 418 g/mol. The lowest BCUT2D eigenvalue weighted by Gasteiger charge is -2.34. The Hall–Kier alpha value is -3.74. The molecule has 158 valence electrons. The van der Waals surface area contributed by atoms with Gasteiger partial charge in [-0.15, -0.1) is 0 Å². The fraction of sp³-hybridized carbons (Fsp3) is 0.250. The SMILES string of the molecule is COc1cc([C@@H]2C3=C(C[C@H](c4ccc(O)cc4)CC3=O)Nc3onc(C)c32)ccc1O. The number of aromatic nitrogens is 1. The number of phenolic OH excluding ortho intramolecular Hbond substituents is 2. The molecule has 1 aromatic heterocycles. The lowest BCUT2D eigenvalue weighted by Crippen LogP contribution is -2.29. The van der Waals surface area contributed by atoms with Crippen LogP contribution in [0.1, 0.15) is 47.1 Å². The molecule has 2 aliphatic rings. The largest absolute Gasteiger partial charge is 0.508 e. The molecule has 0 amide bonds. The summed E-state index contributed by atoms with van der Waals surface area (Å²) in [6.45, 7) is 1.85. The van der Waals surface area contributed by atoms with E-state index in [-0.39, 0.29) is 29.1 Å². The first kappa shape index (κ1) is 19.2. The smallest absolute Gasteiger partial charge is 0.233 e. The molecular weight excluding hydrogens is 396 g/mol. The number of allylic oxidation sites excluding steroid dienone is 2. The first-order valence-electron chi connectivity index (χ1n) is 10.1. The van der Waals surface area contributed by atoms with Gasteiger partial charge in [-0.05, 0) is 54.7 Å². The molecule has 7 heteroatoms. The normalized spacial score (nSPS) is 20.1. The summed E-state index contributed by atoms with van der Waals surface area (Å²) in [5.74, 6) is 0.811. The van der Waals surface area contributed by atoms with Gasteiger partial charge in [0.25, 0.3) is 0 Å². The Morgan fingerprint density at radius 3 is 2.58 bits per heavy atom. The van der Waals surface area contributed by atoms with Gasteiger partial charge in [0.05, 0.1) is 18.4 Å². The van der Waals surface area contributed by atoms with Gasteiger partial charge < -0.3 is 24.8 Å². The second-order valence-corrected chi connectivity index (χ2v) is 8.01. The quantitative estimate of drug-likeness (QED) is 0.580. The number of carbonyl (C=O) groups is 1. The van der Waals surface area contributed by atoms with Crippen LogP contribution in [-0.2, 0) is 4.79 Å². The first-order chi connectivity index (χ1) is 15.0. The predicted molar refractivity (Wildman–Crippen MR) is 113 cm³/mol. The van der Waals surface area contributed by atoms with Crippen molar-refractivity contribution in [2.24, 2.45) is 0 Å². The maximum atomic E-state index is 13.4. The van der Waals surface area contributed by atoms with E-state index in [0.717, 1.165) is 22.4 Å². The van der Waals surface area contributed by atoms with Gasteiger partial charge in [0.1, 0.15) is 5.75 Å². The van der Waals surface area contributed by atoms with Gasteiger partial charge in [-0.3, -0.25) is 4.79 Å². The number of benzene rings is 2. The molecule has 0 bridgehead atoms. The molecular formula is C24H22N2O5. The maximum Gasteiger partial charge on any atom is 0.233 e. The van der Waals surface area contributed by atoms with Crippen molar-refractivity contribution in [3.8, 4) is 17.2 Å². The molecule has 0 saturated heterocycles. The summed E-state index contributed by atoms with van der Waals surface area (Å²) in [4.78, 5) is 13.4. The number of fused-ring (bicyclic) bond motifs is 1. The highest BCUT2D eigenvalue weighted by Gasteiger charge is 2.41. The van der Waals surface area contributed by atoms with Crippen LogP contribution >= 0.6 is 0 Å². The highest BCUT2D eigenvalue weighted by atomic mass is 16.5. The molecule has 2 heterocycles. The van der Waals surface area contributed by atoms with Gasteiger partial charge in [-0.25, -0.2) is 0 Å². The summed E-state index contributed by atoms with van der Waals surface area (Å²) >= 11 is 0. The number of aryl methyl sites for hydroxylation is 1. The molecule has 0 saturated carbocycles. The number of anilines is 1. The van der Waals surface area contributed by atoms with E-state index >= 15 is 0 Å². The highest BCUT2D eigenvalue weighted by Crippen LogP contribution is 2.49. The molecule has 0 radical (unpaired) electrons. The van der Waals surface area contributed by atoms with E-state index in [9.17, 15) is 15.0 Å². The zero-order valence-electron chi connectivity index (χ0n) is 17.2. The summed E-state index contributed by atoms with van der Waals surface area (Å²) in [6, 6.07) is 12.1. The van der Waals surface area contributed by atoms with E-state index in [4.69, 9.17) is 9.26 Å². The van der Waals surface area contributed by atoms with Crippen LogP contribution in [-0.4, -0.2) is 28.3 Å². The second-order valence-electron chi connectivity index (χ2n) is 8.01. The van der Waals surface area contributed by atoms with Crippen LogP contribution in [0.3, 0.4) is 0 Å². The fourth-order valence-corrected chi connectivity index (χ4v) is 4.66. The fourth-order valence-electron chi connectivity index (χ4n) is 4.66. The Balaban J connectivity index is 1.62. The van der Waals surface area contributed by atoms with Crippen molar-refractivity contribution in [2.75, 3.05) is 12.4 Å². The van der Waals surface area contributed by atoms with E-state index in [0.29, 0.717) is 35.7 Å². The Morgan fingerprint density at radius 2 is 1.84 bits per heavy atom. The molecule has 2 atom stereocenters. The molecule has 2 aromatic carbocycles. The van der Waals surface area contributed by atoms with Crippen molar-refractivity contribution in [2.45, 2.75) is 31.6 Å². The predicted octanol–water partition coefficient (Wildman–Crippen LogP) is 4.36. The van der Waals surface area contributed by atoms with E-state index in [1.165, 1.54) is 7.11 Å². The number of phenols is 2. The summed E-state index contributed by atoms with van der Waals surface area (Å²) < 4.78 is 10.8. The van der Waals surface area contributed by atoms with Crippen molar-refractivity contribution >= 4 is 11.7 Å². The molecule has 0 unspecified atom stereocenters. The summed E-state index contributed by atoms with van der Waals surface area (Å²) in [5.41, 5.74) is 4.87. The number of aromatic hydroxyl groups is 2. The van der Waals surface area contributed by atoms with Crippen molar-refractivity contribution in [3.05, 3.63) is 76.1 Å². The van der Waals surface area contributed by atoms with E-state index in [2.05, 4.69) is 10.5 Å². The van der Waals surface area contributed by atoms with Gasteiger partial charge in [0.15, 0.2) is 17.3 Å². The second kappa shape index (κ2) is 7.19. The number of ether oxygens (including phenoxy) is 1.